The number of aromatic nitrogens is 2. The van der Waals surface area contributed by atoms with Crippen LogP contribution < -0.4 is 5.73 Å². The lowest BCUT2D eigenvalue weighted by atomic mass is 10.2. The van der Waals surface area contributed by atoms with Crippen LogP contribution in [0.1, 0.15) is 28.5 Å². The molecule has 0 amide bonds. The summed E-state index contributed by atoms with van der Waals surface area (Å²) < 4.78 is 6.66. The molecule has 0 spiro atoms. The first kappa shape index (κ1) is 13.3. The topological polar surface area (TPSA) is 70.1 Å². The van der Waals surface area contributed by atoms with E-state index >= 15 is 0 Å². The Kier molecular flexibility index (Phi) is 3.97. The number of esters is 1. The lowest BCUT2D eigenvalue weighted by molar-refractivity contribution is 0.0525. The van der Waals surface area contributed by atoms with E-state index in [4.69, 9.17) is 10.5 Å². The van der Waals surface area contributed by atoms with Gasteiger partial charge in [0.1, 0.15) is 5.56 Å². The van der Waals surface area contributed by atoms with Gasteiger partial charge in [0.25, 0.3) is 0 Å². The summed E-state index contributed by atoms with van der Waals surface area (Å²) in [5.74, 6) is -0.346. The first-order chi connectivity index (χ1) is 9.15. The number of carbonyl (C=O) groups excluding carboxylic acids is 1. The highest BCUT2D eigenvalue weighted by Crippen LogP contribution is 2.14. The molecule has 100 valence electrons. The number of hydrogen-bond donors (Lipinski definition) is 1. The molecule has 0 bridgehead atoms. The van der Waals surface area contributed by atoms with Crippen molar-refractivity contribution >= 4 is 5.97 Å². The van der Waals surface area contributed by atoms with Crippen LogP contribution in [0.2, 0.25) is 0 Å². The van der Waals surface area contributed by atoms with Gasteiger partial charge >= 0.3 is 5.97 Å². The van der Waals surface area contributed by atoms with Crippen LogP contribution in [-0.4, -0.2) is 22.4 Å². The Labute approximate surface area is 112 Å². The van der Waals surface area contributed by atoms with Crippen LogP contribution in [0.3, 0.4) is 0 Å². The molecule has 0 aliphatic rings. The molecule has 0 radical (unpaired) electrons. The Balaban J connectivity index is 2.36. The predicted molar refractivity (Wildman–Crippen MR) is 72.1 cm³/mol. The number of benzene rings is 1. The molecular weight excluding hydrogens is 242 g/mol. The predicted octanol–water partition coefficient (Wildman–Crippen LogP) is 1.82. The fourth-order valence-corrected chi connectivity index (χ4v) is 1.83. The molecule has 19 heavy (non-hydrogen) atoms. The molecule has 0 aliphatic heterocycles. The summed E-state index contributed by atoms with van der Waals surface area (Å²) in [5.41, 5.74) is 8.65. The van der Waals surface area contributed by atoms with Crippen LogP contribution in [0, 0.1) is 6.92 Å². The first-order valence-electron chi connectivity index (χ1n) is 6.18. The second kappa shape index (κ2) is 5.67. The third-order valence-electron chi connectivity index (χ3n) is 2.81. The van der Waals surface area contributed by atoms with Crippen LogP contribution >= 0.6 is 0 Å². The molecule has 1 heterocycles. The molecule has 0 saturated carbocycles. The number of carbonyl (C=O) groups is 1. The summed E-state index contributed by atoms with van der Waals surface area (Å²) in [6, 6.07) is 7.73. The number of aryl methyl sites for hydroxylation is 1. The molecule has 1 aromatic carbocycles. The molecule has 0 unspecified atom stereocenters. The van der Waals surface area contributed by atoms with Crippen molar-refractivity contribution in [2.75, 3.05) is 6.61 Å². The lowest BCUT2D eigenvalue weighted by Crippen LogP contribution is -2.04. The van der Waals surface area contributed by atoms with E-state index < -0.39 is 0 Å². The van der Waals surface area contributed by atoms with E-state index in [2.05, 4.69) is 5.10 Å². The molecule has 5 heteroatoms. The van der Waals surface area contributed by atoms with Gasteiger partial charge in [-0.3, -0.25) is 0 Å². The van der Waals surface area contributed by atoms with Gasteiger partial charge in [0.2, 0.25) is 0 Å². The van der Waals surface area contributed by atoms with Crippen LogP contribution in [0.4, 0.5) is 0 Å². The molecule has 1 aromatic heterocycles. The van der Waals surface area contributed by atoms with Crippen molar-refractivity contribution < 1.29 is 9.53 Å². The zero-order valence-electron chi connectivity index (χ0n) is 11.1. The van der Waals surface area contributed by atoms with E-state index in [0.29, 0.717) is 24.4 Å². The first-order valence-corrected chi connectivity index (χ1v) is 6.18. The lowest BCUT2D eigenvalue weighted by Gasteiger charge is -2.03. The van der Waals surface area contributed by atoms with E-state index in [1.54, 1.807) is 24.7 Å². The largest absolute Gasteiger partial charge is 0.462 e. The minimum absolute atomic E-state index is 0.346. The normalized spacial score (nSPS) is 10.5. The zero-order valence-corrected chi connectivity index (χ0v) is 11.1. The fourth-order valence-electron chi connectivity index (χ4n) is 1.83. The highest BCUT2D eigenvalue weighted by molar-refractivity contribution is 5.90. The Hall–Kier alpha value is -2.14. The van der Waals surface area contributed by atoms with Crippen molar-refractivity contribution in [1.29, 1.82) is 0 Å². The van der Waals surface area contributed by atoms with Crippen molar-refractivity contribution in [3.8, 4) is 5.69 Å². The molecule has 2 rings (SSSR count). The highest BCUT2D eigenvalue weighted by Gasteiger charge is 2.14. The Morgan fingerprint density at radius 3 is 2.95 bits per heavy atom. The van der Waals surface area contributed by atoms with Crippen LogP contribution in [0.15, 0.2) is 30.5 Å². The number of rotatable bonds is 4. The van der Waals surface area contributed by atoms with Crippen molar-refractivity contribution in [3.05, 3.63) is 47.3 Å². The van der Waals surface area contributed by atoms with Gasteiger partial charge in [0.05, 0.1) is 18.0 Å². The van der Waals surface area contributed by atoms with E-state index in [0.717, 1.165) is 11.3 Å². The number of hydrogen-bond acceptors (Lipinski definition) is 4. The van der Waals surface area contributed by atoms with Crippen molar-refractivity contribution in [3.63, 3.8) is 0 Å². The molecule has 5 nitrogen and oxygen atoms in total. The SMILES string of the molecule is CCOC(=O)c1cn(-c2cccc(CN)c2)nc1C. The smallest absolute Gasteiger partial charge is 0.341 e. The van der Waals surface area contributed by atoms with Crippen molar-refractivity contribution in [2.45, 2.75) is 20.4 Å². The second-order valence-electron chi connectivity index (χ2n) is 4.17. The third kappa shape index (κ3) is 2.82. The summed E-state index contributed by atoms with van der Waals surface area (Å²) in [6.07, 6.45) is 1.68. The summed E-state index contributed by atoms with van der Waals surface area (Å²) in [5, 5.41) is 4.33. The van der Waals surface area contributed by atoms with Gasteiger partial charge in [-0.05, 0) is 31.5 Å². The van der Waals surface area contributed by atoms with Crippen molar-refractivity contribution in [1.82, 2.24) is 9.78 Å². The Morgan fingerprint density at radius 2 is 2.26 bits per heavy atom. The average molecular weight is 259 g/mol. The van der Waals surface area contributed by atoms with Crippen LogP contribution in [0.5, 0.6) is 0 Å². The third-order valence-corrected chi connectivity index (χ3v) is 2.81. The second-order valence-corrected chi connectivity index (χ2v) is 4.17. The number of nitrogens with two attached hydrogens (primary N) is 1. The van der Waals surface area contributed by atoms with Gasteiger partial charge in [-0.25, -0.2) is 9.48 Å². The van der Waals surface area contributed by atoms with Gasteiger partial charge in [-0.1, -0.05) is 12.1 Å². The number of ether oxygens (including phenoxy) is 1. The minimum Gasteiger partial charge on any atom is -0.462 e. The molecule has 2 aromatic rings. The van der Waals surface area contributed by atoms with Gasteiger partial charge in [0.15, 0.2) is 0 Å². The van der Waals surface area contributed by atoms with Gasteiger partial charge in [0, 0.05) is 12.7 Å². The summed E-state index contributed by atoms with van der Waals surface area (Å²) in [7, 11) is 0. The van der Waals surface area contributed by atoms with Gasteiger partial charge < -0.3 is 10.5 Å². The monoisotopic (exact) mass is 259 g/mol. The van der Waals surface area contributed by atoms with Crippen molar-refractivity contribution in [2.24, 2.45) is 5.73 Å². The maximum atomic E-state index is 11.7. The molecule has 0 atom stereocenters. The fraction of sp³-hybridized carbons (Fsp3) is 0.286. The van der Waals surface area contributed by atoms with E-state index in [9.17, 15) is 4.79 Å². The van der Waals surface area contributed by atoms with E-state index in [-0.39, 0.29) is 5.97 Å². The standard InChI is InChI=1S/C14H17N3O2/c1-3-19-14(18)13-9-17(16-10(13)2)12-6-4-5-11(7-12)8-15/h4-7,9H,3,8,15H2,1-2H3. The molecule has 0 fully saturated rings. The van der Waals surface area contributed by atoms with Crippen LogP contribution in [-0.2, 0) is 11.3 Å². The summed E-state index contributed by atoms with van der Waals surface area (Å²) in [4.78, 5) is 11.7. The van der Waals surface area contributed by atoms with E-state index in [1.165, 1.54) is 0 Å². The highest BCUT2D eigenvalue weighted by atomic mass is 16.5. The average Bonchev–Trinajstić information content (AvgIpc) is 2.81. The maximum absolute atomic E-state index is 11.7. The maximum Gasteiger partial charge on any atom is 0.341 e. The van der Waals surface area contributed by atoms with E-state index in [1.807, 2.05) is 24.3 Å². The summed E-state index contributed by atoms with van der Waals surface area (Å²) >= 11 is 0. The minimum atomic E-state index is -0.346. The zero-order chi connectivity index (χ0) is 13.8. The molecular formula is C14H17N3O2. The quantitative estimate of drug-likeness (QED) is 0.850. The summed E-state index contributed by atoms with van der Waals surface area (Å²) in [6.45, 7) is 4.39. The molecule has 0 saturated heterocycles. The number of nitrogens with zero attached hydrogens (tertiary/aromatic N) is 2. The van der Waals surface area contributed by atoms with Gasteiger partial charge in [-0.2, -0.15) is 5.10 Å². The van der Waals surface area contributed by atoms with Crippen LogP contribution in [0.25, 0.3) is 5.69 Å². The van der Waals surface area contributed by atoms with Gasteiger partial charge in [-0.15, -0.1) is 0 Å². The molecule has 0 aliphatic carbocycles. The molecule has 2 N–H and O–H groups in total. The Morgan fingerprint density at radius 1 is 1.47 bits per heavy atom. The Bertz CT molecular complexity index is 590.